The molecule has 0 saturated carbocycles. The maximum atomic E-state index is 13.4. The van der Waals surface area contributed by atoms with Gasteiger partial charge in [-0.15, -0.1) is 0 Å². The van der Waals surface area contributed by atoms with Crippen molar-refractivity contribution in [1.29, 1.82) is 0 Å². The van der Waals surface area contributed by atoms with Gasteiger partial charge < -0.3 is 10.6 Å². The fourth-order valence-corrected chi connectivity index (χ4v) is 3.07. The predicted octanol–water partition coefficient (Wildman–Crippen LogP) is 0.569. The van der Waals surface area contributed by atoms with Crippen molar-refractivity contribution in [2.24, 2.45) is 0 Å². The van der Waals surface area contributed by atoms with Crippen molar-refractivity contribution >= 4 is 11.6 Å². The van der Waals surface area contributed by atoms with Crippen LogP contribution in [0.25, 0.3) is 5.65 Å². The molecule has 0 radical (unpaired) electrons. The van der Waals surface area contributed by atoms with Crippen LogP contribution in [-0.2, 0) is 0 Å². The first kappa shape index (κ1) is 19.3. The van der Waals surface area contributed by atoms with Crippen LogP contribution < -0.4 is 16.2 Å². The van der Waals surface area contributed by atoms with Crippen molar-refractivity contribution in [2.45, 2.75) is 19.1 Å². The summed E-state index contributed by atoms with van der Waals surface area (Å²) in [4.78, 5) is 30.1. The molecule has 0 bridgehead atoms. The quantitative estimate of drug-likeness (QED) is 0.807. The van der Waals surface area contributed by atoms with Crippen molar-refractivity contribution in [3.8, 4) is 0 Å². The lowest BCUT2D eigenvalue weighted by molar-refractivity contribution is -0.183. The zero-order valence-corrected chi connectivity index (χ0v) is 14.7. The number of piperazine rings is 1. The molecule has 2 N–H and O–H groups in total. The molecule has 7 nitrogen and oxygen atoms in total. The summed E-state index contributed by atoms with van der Waals surface area (Å²) < 4.78 is 41.4. The molecule has 1 saturated heterocycles. The summed E-state index contributed by atoms with van der Waals surface area (Å²) in [6.07, 6.45) is -1.87. The minimum Gasteiger partial charge on any atom is -0.350 e. The lowest BCUT2D eigenvalue weighted by Gasteiger charge is -2.35. The average molecular weight is 383 g/mol. The molecule has 146 valence electrons. The highest BCUT2D eigenvalue weighted by Gasteiger charge is 2.43. The Morgan fingerprint density at radius 1 is 1.33 bits per heavy atom. The molecule has 1 atom stereocenters. The summed E-state index contributed by atoms with van der Waals surface area (Å²) >= 11 is 0. The van der Waals surface area contributed by atoms with E-state index in [0.29, 0.717) is 18.7 Å². The number of hydrogen-bond acceptors (Lipinski definition) is 5. The van der Waals surface area contributed by atoms with E-state index in [0.717, 1.165) is 11.8 Å². The second-order valence-electron chi connectivity index (χ2n) is 6.47. The Bertz CT molecular complexity index is 890. The molecular weight excluding hydrogens is 363 g/mol. The van der Waals surface area contributed by atoms with Gasteiger partial charge in [0.2, 0.25) is 0 Å². The van der Waals surface area contributed by atoms with E-state index in [-0.39, 0.29) is 18.7 Å². The molecule has 3 rings (SSSR count). The van der Waals surface area contributed by atoms with Crippen molar-refractivity contribution in [1.82, 2.24) is 24.9 Å². The normalized spacial score (nSPS) is 17.0. The third-order valence-corrected chi connectivity index (χ3v) is 4.52. The Labute approximate surface area is 153 Å². The van der Waals surface area contributed by atoms with E-state index in [1.165, 1.54) is 15.5 Å². The van der Waals surface area contributed by atoms with Crippen LogP contribution in [0.3, 0.4) is 0 Å². The number of nitrogens with one attached hydrogen (secondary N) is 2. The van der Waals surface area contributed by atoms with Gasteiger partial charge in [0.05, 0.1) is 0 Å². The van der Waals surface area contributed by atoms with Gasteiger partial charge in [0.15, 0.2) is 0 Å². The van der Waals surface area contributed by atoms with E-state index >= 15 is 0 Å². The molecule has 10 heteroatoms. The van der Waals surface area contributed by atoms with Gasteiger partial charge in [-0.2, -0.15) is 13.2 Å². The summed E-state index contributed by atoms with van der Waals surface area (Å²) in [7, 11) is 0. The maximum absolute atomic E-state index is 13.4. The van der Waals surface area contributed by atoms with Crippen molar-refractivity contribution in [2.75, 3.05) is 32.7 Å². The fourth-order valence-electron chi connectivity index (χ4n) is 3.07. The van der Waals surface area contributed by atoms with E-state index in [9.17, 15) is 22.8 Å². The van der Waals surface area contributed by atoms with Gasteiger partial charge in [0.25, 0.3) is 11.5 Å². The molecule has 0 spiro atoms. The van der Waals surface area contributed by atoms with E-state index in [4.69, 9.17) is 0 Å². The summed E-state index contributed by atoms with van der Waals surface area (Å²) in [5.41, 5.74) is 0.238. The fraction of sp³-hybridized carbons (Fsp3) is 0.471. The lowest BCUT2D eigenvalue weighted by Crippen LogP contribution is -2.57. The van der Waals surface area contributed by atoms with Gasteiger partial charge in [-0.05, 0) is 18.6 Å². The minimum absolute atomic E-state index is 0.236. The first-order chi connectivity index (χ1) is 12.8. The van der Waals surface area contributed by atoms with Crippen LogP contribution in [-0.4, -0.2) is 65.1 Å². The number of carbonyl (C=O) groups excluding carboxylic acids is 1. The largest absolute Gasteiger partial charge is 0.405 e. The number of amides is 1. The summed E-state index contributed by atoms with van der Waals surface area (Å²) in [5, 5.41) is 5.24. The van der Waals surface area contributed by atoms with Gasteiger partial charge in [0, 0.05) is 45.1 Å². The number of carbonyl (C=O) groups is 1. The number of alkyl halides is 3. The number of pyridine rings is 1. The molecule has 2 aromatic rings. The highest BCUT2D eigenvalue weighted by molar-refractivity contribution is 5.93. The molecule has 1 unspecified atom stereocenters. The van der Waals surface area contributed by atoms with Crippen LogP contribution in [0.5, 0.6) is 0 Å². The lowest BCUT2D eigenvalue weighted by atomic mass is 10.2. The van der Waals surface area contributed by atoms with Gasteiger partial charge in [-0.25, -0.2) is 4.98 Å². The second-order valence-corrected chi connectivity index (χ2v) is 6.47. The van der Waals surface area contributed by atoms with Crippen LogP contribution in [0.2, 0.25) is 0 Å². The Balaban J connectivity index is 1.78. The number of halogens is 3. The van der Waals surface area contributed by atoms with Crippen LogP contribution >= 0.6 is 0 Å². The number of nitrogens with zero attached hydrogens (tertiary/aromatic N) is 3. The molecule has 0 aliphatic carbocycles. The highest BCUT2D eigenvalue weighted by atomic mass is 19.4. The Morgan fingerprint density at radius 3 is 2.70 bits per heavy atom. The third kappa shape index (κ3) is 4.28. The van der Waals surface area contributed by atoms with Crippen LogP contribution in [0.1, 0.15) is 15.9 Å². The van der Waals surface area contributed by atoms with Gasteiger partial charge >= 0.3 is 6.18 Å². The van der Waals surface area contributed by atoms with Crippen LogP contribution in [0.15, 0.2) is 29.3 Å². The zero-order valence-electron chi connectivity index (χ0n) is 14.7. The number of rotatable bonds is 4. The Kier molecular flexibility index (Phi) is 5.47. The maximum Gasteiger partial charge on any atom is 0.405 e. The van der Waals surface area contributed by atoms with Crippen molar-refractivity contribution < 1.29 is 18.0 Å². The third-order valence-electron chi connectivity index (χ3n) is 4.52. The van der Waals surface area contributed by atoms with Gasteiger partial charge in [-0.3, -0.25) is 18.9 Å². The summed E-state index contributed by atoms with van der Waals surface area (Å²) in [6.45, 7) is 2.53. The first-order valence-corrected chi connectivity index (χ1v) is 8.55. The first-order valence-electron chi connectivity index (χ1n) is 8.55. The molecular formula is C17H20F3N5O2. The number of hydrogen-bond donors (Lipinski definition) is 2. The number of aryl methyl sites for hydroxylation is 1. The molecule has 27 heavy (non-hydrogen) atoms. The molecule has 1 fully saturated rings. The Morgan fingerprint density at radius 2 is 2.04 bits per heavy atom. The molecule has 2 aromatic heterocycles. The topological polar surface area (TPSA) is 78.7 Å². The molecule has 1 aliphatic heterocycles. The predicted molar refractivity (Wildman–Crippen MR) is 92.8 cm³/mol. The molecule has 1 aliphatic rings. The summed E-state index contributed by atoms with van der Waals surface area (Å²) in [6, 6.07) is 1.59. The standard InChI is InChI=1S/C17H20F3N5O2/c1-11-2-3-14-22-8-12(16(27)25(14)10-11)15(26)23-9-13(17(18,19)20)24-6-4-21-5-7-24/h2-3,8,10,13,21H,4-7,9H2,1H3,(H,23,26). The zero-order chi connectivity index (χ0) is 19.6. The highest BCUT2D eigenvalue weighted by Crippen LogP contribution is 2.24. The van der Waals surface area contributed by atoms with Gasteiger partial charge in [-0.1, -0.05) is 6.07 Å². The minimum atomic E-state index is -4.49. The Hall–Kier alpha value is -2.46. The van der Waals surface area contributed by atoms with Crippen molar-refractivity contribution in [3.05, 3.63) is 46.0 Å². The van der Waals surface area contributed by atoms with Crippen LogP contribution in [0.4, 0.5) is 13.2 Å². The van der Waals surface area contributed by atoms with E-state index in [1.807, 2.05) is 0 Å². The molecule has 3 heterocycles. The summed E-state index contributed by atoms with van der Waals surface area (Å²) in [5.74, 6) is -0.868. The van der Waals surface area contributed by atoms with E-state index in [1.54, 1.807) is 19.1 Å². The second kappa shape index (κ2) is 7.65. The molecule has 1 amide bonds. The SMILES string of the molecule is Cc1ccc2ncc(C(=O)NCC(N3CCNCC3)C(F)(F)F)c(=O)n2c1. The number of aromatic nitrogens is 2. The average Bonchev–Trinajstić information content (AvgIpc) is 2.62. The van der Waals surface area contributed by atoms with Crippen molar-refractivity contribution in [3.63, 3.8) is 0 Å². The number of fused-ring (bicyclic) bond motifs is 1. The van der Waals surface area contributed by atoms with Crippen LogP contribution in [0, 0.1) is 6.92 Å². The smallest absolute Gasteiger partial charge is 0.350 e. The van der Waals surface area contributed by atoms with E-state index < -0.39 is 30.2 Å². The van der Waals surface area contributed by atoms with Gasteiger partial charge in [0.1, 0.15) is 17.3 Å². The molecule has 0 aromatic carbocycles. The van der Waals surface area contributed by atoms with E-state index in [2.05, 4.69) is 15.6 Å². The monoisotopic (exact) mass is 383 g/mol.